The molecule has 0 amide bonds. The summed E-state index contributed by atoms with van der Waals surface area (Å²) in [5, 5.41) is 10.4. The maximum atomic E-state index is 12.5. The number of carbonyl (C=O) groups is 2. The fraction of sp³-hybridized carbons (Fsp3) is 0.556. The summed E-state index contributed by atoms with van der Waals surface area (Å²) in [4.78, 5) is 24.0. The minimum atomic E-state index is -0.436. The monoisotopic (exact) mass is 426 g/mol. The molecule has 0 bridgehead atoms. The molecule has 2 rings (SSSR count). The van der Waals surface area contributed by atoms with E-state index in [2.05, 4.69) is 19.1 Å². The number of aliphatic hydroxyl groups is 1. The molecule has 170 valence electrons. The number of allylic oxidation sites excluding steroid dienone is 4. The van der Waals surface area contributed by atoms with Gasteiger partial charge in [-0.2, -0.15) is 0 Å². The van der Waals surface area contributed by atoms with Crippen LogP contribution in [-0.4, -0.2) is 23.0 Å². The normalized spacial score (nSPS) is 19.5. The summed E-state index contributed by atoms with van der Waals surface area (Å²) in [6.45, 7) is 5.87. The van der Waals surface area contributed by atoms with Crippen LogP contribution in [0.3, 0.4) is 0 Å². The lowest BCUT2D eigenvalue weighted by Crippen LogP contribution is -2.13. The molecule has 0 aliphatic heterocycles. The molecule has 1 aliphatic carbocycles. The van der Waals surface area contributed by atoms with Crippen LogP contribution >= 0.6 is 0 Å². The topological polar surface area (TPSA) is 63.6 Å². The number of hydrogen-bond acceptors (Lipinski definition) is 4. The molecular weight excluding hydrogens is 388 g/mol. The van der Waals surface area contributed by atoms with Crippen molar-refractivity contribution in [2.45, 2.75) is 90.3 Å². The van der Waals surface area contributed by atoms with Gasteiger partial charge in [0.2, 0.25) is 0 Å². The summed E-state index contributed by atoms with van der Waals surface area (Å²) >= 11 is 0. The Morgan fingerprint density at radius 1 is 1.13 bits per heavy atom. The zero-order chi connectivity index (χ0) is 22.6. The molecule has 0 fully saturated rings. The van der Waals surface area contributed by atoms with Crippen LogP contribution in [0.15, 0.2) is 48.6 Å². The Hall–Kier alpha value is -2.20. The summed E-state index contributed by atoms with van der Waals surface area (Å²) in [6, 6.07) is 7.90. The van der Waals surface area contributed by atoms with Crippen LogP contribution in [-0.2, 0) is 14.3 Å². The van der Waals surface area contributed by atoms with Gasteiger partial charge in [0.25, 0.3) is 0 Å². The molecule has 1 aromatic rings. The number of ether oxygens (including phenoxy) is 1. The number of esters is 1. The average molecular weight is 427 g/mol. The maximum Gasteiger partial charge on any atom is 0.306 e. The van der Waals surface area contributed by atoms with Gasteiger partial charge in [0.1, 0.15) is 0 Å². The second-order valence-corrected chi connectivity index (χ2v) is 8.72. The zero-order valence-electron chi connectivity index (χ0n) is 19.3. The molecule has 4 heteroatoms. The van der Waals surface area contributed by atoms with Crippen molar-refractivity contribution in [2.24, 2.45) is 5.92 Å². The van der Waals surface area contributed by atoms with Crippen molar-refractivity contribution in [3.63, 3.8) is 0 Å². The van der Waals surface area contributed by atoms with E-state index in [-0.39, 0.29) is 29.7 Å². The molecule has 1 N–H and O–H groups in total. The molecule has 0 spiro atoms. The fourth-order valence-electron chi connectivity index (χ4n) is 4.01. The molecule has 0 heterocycles. The molecule has 0 saturated heterocycles. The van der Waals surface area contributed by atoms with E-state index in [1.54, 1.807) is 6.08 Å². The third kappa shape index (κ3) is 8.45. The van der Waals surface area contributed by atoms with Crippen molar-refractivity contribution >= 4 is 11.8 Å². The lowest BCUT2D eigenvalue weighted by molar-refractivity contribution is -0.147. The summed E-state index contributed by atoms with van der Waals surface area (Å²) in [6.07, 6.45) is 14.3. The molecule has 4 nitrogen and oxygen atoms in total. The summed E-state index contributed by atoms with van der Waals surface area (Å²) < 4.78 is 5.14. The first kappa shape index (κ1) is 25.1. The van der Waals surface area contributed by atoms with E-state index in [4.69, 9.17) is 4.74 Å². The zero-order valence-corrected chi connectivity index (χ0v) is 19.3. The number of ketones is 1. The van der Waals surface area contributed by atoms with Crippen LogP contribution in [0, 0.1) is 5.92 Å². The van der Waals surface area contributed by atoms with Gasteiger partial charge in [0, 0.05) is 6.42 Å². The highest BCUT2D eigenvalue weighted by atomic mass is 16.5. The van der Waals surface area contributed by atoms with Crippen molar-refractivity contribution in [1.29, 1.82) is 0 Å². The van der Waals surface area contributed by atoms with E-state index in [1.165, 1.54) is 0 Å². The van der Waals surface area contributed by atoms with E-state index in [9.17, 15) is 14.7 Å². The van der Waals surface area contributed by atoms with Gasteiger partial charge < -0.3 is 9.84 Å². The van der Waals surface area contributed by atoms with Gasteiger partial charge in [-0.15, -0.1) is 0 Å². The molecule has 0 radical (unpaired) electrons. The standard InChI is InChI=1S/C27H38O4/c1-4-5-8-12-24(28)21-14-16-23(17-15-21)27-22(18-19-25(27)29)11-9-6-7-10-13-26(30)31-20(2)3/h6,9,14-20,22,24,27-28H,4-5,7-8,10-13H2,1-3H3/t22-,24?,27-/m0/s1. The largest absolute Gasteiger partial charge is 0.463 e. The molecule has 1 aromatic carbocycles. The van der Waals surface area contributed by atoms with Gasteiger partial charge in [-0.3, -0.25) is 9.59 Å². The van der Waals surface area contributed by atoms with E-state index >= 15 is 0 Å². The van der Waals surface area contributed by atoms with Crippen molar-refractivity contribution in [1.82, 2.24) is 0 Å². The minimum absolute atomic E-state index is 0.0648. The van der Waals surface area contributed by atoms with E-state index in [1.807, 2.05) is 44.2 Å². The number of carbonyl (C=O) groups excluding carboxylic acids is 2. The highest BCUT2D eigenvalue weighted by Crippen LogP contribution is 2.35. The first-order chi connectivity index (χ1) is 14.9. The number of rotatable bonds is 13. The van der Waals surface area contributed by atoms with Gasteiger partial charge in [-0.1, -0.05) is 68.7 Å². The number of aliphatic hydroxyl groups excluding tert-OH is 1. The fourth-order valence-corrected chi connectivity index (χ4v) is 4.01. The maximum absolute atomic E-state index is 12.5. The first-order valence-electron chi connectivity index (χ1n) is 11.8. The summed E-state index contributed by atoms with van der Waals surface area (Å²) in [5.74, 6) is -0.00951. The van der Waals surface area contributed by atoms with Crippen molar-refractivity contribution < 1.29 is 19.4 Å². The smallest absolute Gasteiger partial charge is 0.306 e. The van der Waals surface area contributed by atoms with E-state index < -0.39 is 6.10 Å². The molecule has 0 aromatic heterocycles. The summed E-state index contributed by atoms with van der Waals surface area (Å²) in [5.41, 5.74) is 1.93. The molecule has 1 aliphatic rings. The SMILES string of the molecule is CCCCCC(O)c1ccc([C@H]2C(=O)C=C[C@@H]2CC=CCCCC(=O)OC(C)C)cc1. The average Bonchev–Trinajstić information content (AvgIpc) is 3.10. The van der Waals surface area contributed by atoms with Crippen LogP contribution in [0.4, 0.5) is 0 Å². The minimum Gasteiger partial charge on any atom is -0.463 e. The van der Waals surface area contributed by atoms with Crippen LogP contribution in [0.25, 0.3) is 0 Å². The van der Waals surface area contributed by atoms with Gasteiger partial charge in [0.15, 0.2) is 5.78 Å². The van der Waals surface area contributed by atoms with Crippen molar-refractivity contribution in [2.75, 3.05) is 0 Å². The molecule has 3 atom stereocenters. The Kier molecular flexibility index (Phi) is 10.7. The number of unbranched alkanes of at least 4 members (excludes halogenated alkanes) is 3. The third-order valence-electron chi connectivity index (χ3n) is 5.70. The highest BCUT2D eigenvalue weighted by Gasteiger charge is 2.30. The number of benzene rings is 1. The predicted octanol–water partition coefficient (Wildman–Crippen LogP) is 6.21. The second kappa shape index (κ2) is 13.3. The lowest BCUT2D eigenvalue weighted by Gasteiger charge is -2.18. The molecule has 1 unspecified atom stereocenters. The quantitative estimate of drug-likeness (QED) is 0.231. The predicted molar refractivity (Wildman–Crippen MR) is 125 cm³/mol. The van der Waals surface area contributed by atoms with E-state index in [0.29, 0.717) is 6.42 Å². The highest BCUT2D eigenvalue weighted by molar-refractivity contribution is 5.98. The van der Waals surface area contributed by atoms with Gasteiger partial charge in [0.05, 0.1) is 18.1 Å². The first-order valence-corrected chi connectivity index (χ1v) is 11.8. The van der Waals surface area contributed by atoms with Crippen molar-refractivity contribution in [3.05, 3.63) is 59.7 Å². The summed E-state index contributed by atoms with van der Waals surface area (Å²) in [7, 11) is 0. The Morgan fingerprint density at radius 3 is 2.55 bits per heavy atom. The van der Waals surface area contributed by atoms with Gasteiger partial charge in [-0.25, -0.2) is 0 Å². The Balaban J connectivity index is 1.84. The Labute approximate surface area is 187 Å². The van der Waals surface area contributed by atoms with Crippen LogP contribution in [0.5, 0.6) is 0 Å². The molecular formula is C27H38O4. The molecule has 0 saturated carbocycles. The Bertz CT molecular complexity index is 745. The third-order valence-corrected chi connectivity index (χ3v) is 5.70. The van der Waals surface area contributed by atoms with E-state index in [0.717, 1.165) is 56.1 Å². The van der Waals surface area contributed by atoms with Crippen molar-refractivity contribution in [3.8, 4) is 0 Å². The van der Waals surface area contributed by atoms with Crippen LogP contribution in [0.1, 0.15) is 95.3 Å². The van der Waals surface area contributed by atoms with Gasteiger partial charge >= 0.3 is 5.97 Å². The Morgan fingerprint density at radius 2 is 1.87 bits per heavy atom. The number of hydrogen-bond donors (Lipinski definition) is 1. The van der Waals surface area contributed by atoms with Gasteiger partial charge in [-0.05, 0) is 62.7 Å². The van der Waals surface area contributed by atoms with Crippen LogP contribution < -0.4 is 0 Å². The van der Waals surface area contributed by atoms with Crippen LogP contribution in [0.2, 0.25) is 0 Å². The molecule has 31 heavy (non-hydrogen) atoms. The lowest BCUT2D eigenvalue weighted by atomic mass is 9.85. The second-order valence-electron chi connectivity index (χ2n) is 8.72.